The van der Waals surface area contributed by atoms with Crippen LogP contribution in [0.1, 0.15) is 44.6 Å². The predicted octanol–water partition coefficient (Wildman–Crippen LogP) is 4.99. The molecule has 0 aliphatic carbocycles. The molecule has 3 rings (SSSR count). The van der Waals surface area contributed by atoms with Crippen LogP contribution in [0.2, 0.25) is 5.02 Å². The van der Waals surface area contributed by atoms with Crippen LogP contribution in [-0.2, 0) is 11.3 Å². The molecule has 8 nitrogen and oxygen atoms in total. The quantitative estimate of drug-likeness (QED) is 0.263. The maximum atomic E-state index is 13.1. The molecule has 1 aromatic heterocycles. The van der Waals surface area contributed by atoms with Gasteiger partial charge in [-0.1, -0.05) is 18.5 Å². The molecule has 0 aliphatic rings. The van der Waals surface area contributed by atoms with Gasteiger partial charge < -0.3 is 4.90 Å². The van der Waals surface area contributed by atoms with Crippen LogP contribution in [0.15, 0.2) is 53.3 Å². The van der Waals surface area contributed by atoms with Crippen molar-refractivity contribution in [2.24, 2.45) is 0 Å². The van der Waals surface area contributed by atoms with E-state index in [1.807, 2.05) is 20.8 Å². The summed E-state index contributed by atoms with van der Waals surface area (Å²) >= 11 is 6.06. The SMILES string of the molecule is CCCN(C(=O)/C=C/c1ccc([N+](=O)[O-])cc1)C(C)c1nc2ccc(Cl)cc2c(=O)n1CC. The molecule has 2 aromatic carbocycles. The van der Waals surface area contributed by atoms with E-state index in [1.165, 1.54) is 18.2 Å². The fourth-order valence-corrected chi connectivity index (χ4v) is 3.85. The van der Waals surface area contributed by atoms with Crippen LogP contribution in [0, 0.1) is 10.1 Å². The third-order valence-corrected chi connectivity index (χ3v) is 5.61. The molecule has 172 valence electrons. The molecule has 3 aromatic rings. The number of hydrogen-bond acceptors (Lipinski definition) is 5. The second kappa shape index (κ2) is 10.4. The number of carbonyl (C=O) groups excluding carboxylic acids is 1. The lowest BCUT2D eigenvalue weighted by Crippen LogP contribution is -2.37. The van der Waals surface area contributed by atoms with Crippen molar-refractivity contribution in [3.63, 3.8) is 0 Å². The Morgan fingerprint density at radius 1 is 1.24 bits per heavy atom. The summed E-state index contributed by atoms with van der Waals surface area (Å²) in [6, 6.07) is 10.5. The Morgan fingerprint density at radius 2 is 1.94 bits per heavy atom. The molecule has 0 bridgehead atoms. The molecule has 0 spiro atoms. The molecule has 1 unspecified atom stereocenters. The van der Waals surface area contributed by atoms with Crippen molar-refractivity contribution in [3.05, 3.63) is 85.4 Å². The highest BCUT2D eigenvalue weighted by Crippen LogP contribution is 2.23. The molecule has 0 aliphatic heterocycles. The average Bonchev–Trinajstić information content (AvgIpc) is 2.81. The average molecular weight is 469 g/mol. The van der Waals surface area contributed by atoms with Crippen molar-refractivity contribution >= 4 is 40.2 Å². The maximum Gasteiger partial charge on any atom is 0.269 e. The highest BCUT2D eigenvalue weighted by atomic mass is 35.5. The van der Waals surface area contributed by atoms with E-state index in [0.717, 1.165) is 6.42 Å². The largest absolute Gasteiger partial charge is 0.329 e. The molecular formula is C24H25ClN4O4. The lowest BCUT2D eigenvalue weighted by Gasteiger charge is -2.29. The third-order valence-electron chi connectivity index (χ3n) is 5.37. The molecule has 0 saturated heterocycles. The second-order valence-corrected chi connectivity index (χ2v) is 8.01. The number of nitro groups is 1. The summed E-state index contributed by atoms with van der Waals surface area (Å²) in [5, 5.41) is 11.7. The number of aromatic nitrogens is 2. The van der Waals surface area contributed by atoms with Gasteiger partial charge in [-0.25, -0.2) is 4.98 Å². The smallest absolute Gasteiger partial charge is 0.269 e. The van der Waals surface area contributed by atoms with Crippen LogP contribution in [0.5, 0.6) is 0 Å². The van der Waals surface area contributed by atoms with E-state index < -0.39 is 11.0 Å². The van der Waals surface area contributed by atoms with Gasteiger partial charge in [0.15, 0.2) is 0 Å². The van der Waals surface area contributed by atoms with E-state index >= 15 is 0 Å². The third kappa shape index (κ3) is 5.28. The van der Waals surface area contributed by atoms with Crippen LogP contribution in [0.4, 0.5) is 5.69 Å². The zero-order chi connectivity index (χ0) is 24.1. The van der Waals surface area contributed by atoms with Crippen LogP contribution in [0.3, 0.4) is 0 Å². The molecule has 0 fully saturated rings. The Kier molecular flexibility index (Phi) is 7.60. The van der Waals surface area contributed by atoms with Gasteiger partial charge in [-0.2, -0.15) is 0 Å². The van der Waals surface area contributed by atoms with Crippen LogP contribution in [-0.4, -0.2) is 31.8 Å². The standard InChI is InChI=1S/C24H25ClN4O4/c1-4-14-28(22(30)13-8-17-6-10-19(11-7-17)29(32)33)16(3)23-26-21-12-9-18(25)15-20(21)24(31)27(23)5-2/h6-13,15-16H,4-5,14H2,1-3H3/b13-8+. The molecule has 33 heavy (non-hydrogen) atoms. The lowest BCUT2D eigenvalue weighted by atomic mass is 10.1. The highest BCUT2D eigenvalue weighted by Gasteiger charge is 2.24. The van der Waals surface area contributed by atoms with Crippen LogP contribution < -0.4 is 5.56 Å². The number of nitro benzene ring substituents is 1. The van der Waals surface area contributed by atoms with Crippen molar-refractivity contribution in [1.82, 2.24) is 14.5 Å². The van der Waals surface area contributed by atoms with Crippen LogP contribution in [0.25, 0.3) is 17.0 Å². The number of fused-ring (bicyclic) bond motifs is 1. The highest BCUT2D eigenvalue weighted by molar-refractivity contribution is 6.31. The number of amides is 1. The zero-order valence-electron chi connectivity index (χ0n) is 18.7. The molecule has 0 N–H and O–H groups in total. The zero-order valence-corrected chi connectivity index (χ0v) is 19.5. The number of rotatable bonds is 8. The minimum Gasteiger partial charge on any atom is -0.329 e. The summed E-state index contributed by atoms with van der Waals surface area (Å²) in [6.07, 6.45) is 3.77. The van der Waals surface area contributed by atoms with Crippen molar-refractivity contribution in [2.45, 2.75) is 39.8 Å². The summed E-state index contributed by atoms with van der Waals surface area (Å²) in [6.45, 7) is 6.55. The van der Waals surface area contributed by atoms with Gasteiger partial charge in [0.05, 0.1) is 21.9 Å². The summed E-state index contributed by atoms with van der Waals surface area (Å²) in [5.74, 6) is 0.263. The molecule has 0 saturated carbocycles. The number of nitrogens with zero attached hydrogens (tertiary/aromatic N) is 4. The molecule has 1 atom stereocenters. The van der Waals surface area contributed by atoms with E-state index in [9.17, 15) is 19.7 Å². The normalized spacial score (nSPS) is 12.2. The van der Waals surface area contributed by atoms with Crippen molar-refractivity contribution in [1.29, 1.82) is 0 Å². The van der Waals surface area contributed by atoms with Gasteiger partial charge in [-0.15, -0.1) is 0 Å². The Balaban J connectivity index is 1.95. The minimum atomic E-state index is -0.471. The Hall–Kier alpha value is -3.52. The van der Waals surface area contributed by atoms with E-state index in [2.05, 4.69) is 0 Å². The Labute approximate surface area is 196 Å². The molecule has 1 amide bonds. The summed E-state index contributed by atoms with van der Waals surface area (Å²) in [4.78, 5) is 42.9. The van der Waals surface area contributed by atoms with Gasteiger partial charge in [-0.3, -0.25) is 24.3 Å². The summed E-state index contributed by atoms with van der Waals surface area (Å²) < 4.78 is 1.57. The van der Waals surface area contributed by atoms with E-state index in [4.69, 9.17) is 16.6 Å². The van der Waals surface area contributed by atoms with Gasteiger partial charge >= 0.3 is 0 Å². The van der Waals surface area contributed by atoms with Gasteiger partial charge in [0.2, 0.25) is 5.91 Å². The predicted molar refractivity (Wildman–Crippen MR) is 129 cm³/mol. The van der Waals surface area contributed by atoms with Gasteiger partial charge in [0.25, 0.3) is 11.2 Å². The lowest BCUT2D eigenvalue weighted by molar-refractivity contribution is -0.384. The molecule has 9 heteroatoms. The first-order valence-electron chi connectivity index (χ1n) is 10.7. The second-order valence-electron chi connectivity index (χ2n) is 7.57. The van der Waals surface area contributed by atoms with Gasteiger partial charge in [0.1, 0.15) is 5.82 Å². The molecule has 1 heterocycles. The number of benzene rings is 2. The van der Waals surface area contributed by atoms with Gasteiger partial charge in [0, 0.05) is 36.3 Å². The number of carbonyl (C=O) groups is 1. The fraction of sp³-hybridized carbons (Fsp3) is 0.292. The maximum absolute atomic E-state index is 13.1. The molecular weight excluding hydrogens is 444 g/mol. The van der Waals surface area contributed by atoms with Crippen LogP contribution >= 0.6 is 11.6 Å². The van der Waals surface area contributed by atoms with E-state index in [0.29, 0.717) is 40.4 Å². The van der Waals surface area contributed by atoms with Crippen molar-refractivity contribution in [2.75, 3.05) is 6.54 Å². The first-order chi connectivity index (χ1) is 15.8. The van der Waals surface area contributed by atoms with E-state index in [-0.39, 0.29) is 17.2 Å². The van der Waals surface area contributed by atoms with Gasteiger partial charge in [-0.05, 0) is 62.2 Å². The topological polar surface area (TPSA) is 98.3 Å². The first kappa shape index (κ1) is 24.1. The summed E-state index contributed by atoms with van der Waals surface area (Å²) in [7, 11) is 0. The molecule has 0 radical (unpaired) electrons. The minimum absolute atomic E-state index is 0.0130. The number of hydrogen-bond donors (Lipinski definition) is 0. The first-order valence-corrected chi connectivity index (χ1v) is 11.1. The number of halogens is 1. The fourth-order valence-electron chi connectivity index (χ4n) is 3.68. The number of non-ortho nitro benzene ring substituents is 1. The van der Waals surface area contributed by atoms with E-state index in [1.54, 1.807) is 45.9 Å². The monoisotopic (exact) mass is 468 g/mol. The Morgan fingerprint density at radius 3 is 2.55 bits per heavy atom. The van der Waals surface area contributed by atoms with Crippen molar-refractivity contribution in [3.8, 4) is 0 Å². The Bertz CT molecular complexity index is 1270. The van der Waals surface area contributed by atoms with Crippen molar-refractivity contribution < 1.29 is 9.72 Å². The summed E-state index contributed by atoms with van der Waals surface area (Å²) in [5.41, 5.74) is 0.989.